The van der Waals surface area contributed by atoms with Gasteiger partial charge in [-0.25, -0.2) is 4.39 Å². The molecule has 1 N–H and O–H groups in total. The molecular formula is C15H25Cl2FN2O2. The topological polar surface area (TPSA) is 33.7 Å². The molecule has 0 spiro atoms. The van der Waals surface area contributed by atoms with Crippen LogP contribution in [0.3, 0.4) is 0 Å². The van der Waals surface area contributed by atoms with Crippen molar-refractivity contribution in [1.82, 2.24) is 10.2 Å². The quantitative estimate of drug-likeness (QED) is 0.851. The van der Waals surface area contributed by atoms with Gasteiger partial charge in [-0.2, -0.15) is 0 Å². The minimum absolute atomic E-state index is 0. The molecule has 1 aliphatic rings. The van der Waals surface area contributed by atoms with Crippen LogP contribution >= 0.6 is 24.8 Å². The molecule has 128 valence electrons. The first-order valence-electron chi connectivity index (χ1n) is 7.11. The molecule has 1 atom stereocenters. The van der Waals surface area contributed by atoms with Crippen LogP contribution in [0.5, 0.6) is 11.5 Å². The first-order chi connectivity index (χ1) is 9.80. The Morgan fingerprint density at radius 1 is 1.23 bits per heavy atom. The lowest BCUT2D eigenvalue weighted by molar-refractivity contribution is 0.147. The van der Waals surface area contributed by atoms with E-state index in [1.807, 2.05) is 25.1 Å². The van der Waals surface area contributed by atoms with Crippen molar-refractivity contribution in [3.63, 3.8) is 0 Å². The van der Waals surface area contributed by atoms with Crippen LogP contribution in [-0.2, 0) is 0 Å². The molecule has 1 heterocycles. The average Bonchev–Trinajstić information content (AvgIpc) is 2.50. The maximum Gasteiger partial charge on any atom is 0.161 e. The van der Waals surface area contributed by atoms with Gasteiger partial charge in [-0.1, -0.05) is 6.07 Å². The van der Waals surface area contributed by atoms with Crippen molar-refractivity contribution in [3.8, 4) is 11.5 Å². The Morgan fingerprint density at radius 3 is 2.45 bits per heavy atom. The molecule has 0 bridgehead atoms. The van der Waals surface area contributed by atoms with E-state index in [9.17, 15) is 4.39 Å². The number of halogens is 3. The summed E-state index contributed by atoms with van der Waals surface area (Å²) in [6.45, 7) is 5.64. The standard InChI is InChI=1S/C15H23FN2O2.2ClH/c1-3-20-15-10-12(4-5-14(15)19-2)13(11-16)18-8-6-17-7-9-18;;/h4-5,10,13,17H,3,6-9,11H2,1-2H3;2*1H/t13-;;/m1../s1. The van der Waals surface area contributed by atoms with Crippen LogP contribution in [0.2, 0.25) is 0 Å². The van der Waals surface area contributed by atoms with E-state index in [1.165, 1.54) is 0 Å². The summed E-state index contributed by atoms with van der Waals surface area (Å²) in [5.41, 5.74) is 0.943. The summed E-state index contributed by atoms with van der Waals surface area (Å²) in [5.74, 6) is 1.37. The van der Waals surface area contributed by atoms with E-state index in [0.29, 0.717) is 18.1 Å². The molecule has 1 aromatic carbocycles. The molecule has 1 aromatic rings. The molecule has 0 saturated carbocycles. The SMILES string of the molecule is CCOc1cc([C@@H](CF)N2CCNCC2)ccc1OC.Cl.Cl. The fraction of sp³-hybridized carbons (Fsp3) is 0.600. The molecule has 0 amide bonds. The summed E-state index contributed by atoms with van der Waals surface area (Å²) in [4.78, 5) is 2.17. The molecule has 0 aliphatic carbocycles. The molecule has 2 rings (SSSR count). The van der Waals surface area contributed by atoms with Crippen LogP contribution in [0.25, 0.3) is 0 Å². The second-order valence-electron chi connectivity index (χ2n) is 4.80. The van der Waals surface area contributed by atoms with Crippen molar-refractivity contribution in [2.45, 2.75) is 13.0 Å². The molecule has 0 aromatic heterocycles. The Hall–Kier alpha value is -0.750. The molecule has 1 fully saturated rings. The summed E-state index contributed by atoms with van der Waals surface area (Å²) in [5, 5.41) is 3.29. The van der Waals surface area contributed by atoms with Crippen molar-refractivity contribution >= 4 is 24.8 Å². The van der Waals surface area contributed by atoms with Gasteiger partial charge in [0.05, 0.1) is 19.8 Å². The Balaban J connectivity index is 0.00000220. The van der Waals surface area contributed by atoms with Gasteiger partial charge < -0.3 is 14.8 Å². The molecule has 1 aliphatic heterocycles. The van der Waals surface area contributed by atoms with Crippen molar-refractivity contribution in [2.75, 3.05) is 46.6 Å². The van der Waals surface area contributed by atoms with Gasteiger partial charge in [-0.3, -0.25) is 4.90 Å². The number of hydrogen-bond donors (Lipinski definition) is 1. The van der Waals surface area contributed by atoms with E-state index in [2.05, 4.69) is 10.2 Å². The van der Waals surface area contributed by atoms with Crippen LogP contribution in [0.15, 0.2) is 18.2 Å². The lowest BCUT2D eigenvalue weighted by Crippen LogP contribution is -2.45. The number of benzene rings is 1. The first kappa shape index (κ1) is 21.2. The number of piperazine rings is 1. The molecule has 0 radical (unpaired) electrons. The zero-order valence-electron chi connectivity index (χ0n) is 13.0. The van der Waals surface area contributed by atoms with Crippen LogP contribution in [-0.4, -0.2) is 51.5 Å². The third kappa shape index (κ3) is 5.16. The van der Waals surface area contributed by atoms with Crippen molar-refractivity contribution in [3.05, 3.63) is 23.8 Å². The van der Waals surface area contributed by atoms with Gasteiger partial charge in [0.2, 0.25) is 0 Å². The van der Waals surface area contributed by atoms with E-state index in [-0.39, 0.29) is 30.9 Å². The van der Waals surface area contributed by atoms with Gasteiger partial charge in [-0.05, 0) is 24.6 Å². The van der Waals surface area contributed by atoms with Crippen molar-refractivity contribution in [2.24, 2.45) is 0 Å². The number of nitrogens with zero attached hydrogens (tertiary/aromatic N) is 1. The lowest BCUT2D eigenvalue weighted by atomic mass is 10.0. The highest BCUT2D eigenvalue weighted by molar-refractivity contribution is 5.85. The van der Waals surface area contributed by atoms with Crippen LogP contribution in [0, 0.1) is 0 Å². The minimum atomic E-state index is -0.391. The third-order valence-electron chi connectivity index (χ3n) is 3.61. The lowest BCUT2D eigenvalue weighted by Gasteiger charge is -2.33. The number of methoxy groups -OCH3 is 1. The number of nitrogens with one attached hydrogen (secondary N) is 1. The summed E-state index contributed by atoms with van der Waals surface area (Å²) in [6.07, 6.45) is 0. The van der Waals surface area contributed by atoms with Crippen molar-refractivity contribution < 1.29 is 13.9 Å². The highest BCUT2D eigenvalue weighted by Gasteiger charge is 2.23. The number of alkyl halides is 1. The van der Waals surface area contributed by atoms with E-state index in [0.717, 1.165) is 31.7 Å². The average molecular weight is 355 g/mol. The minimum Gasteiger partial charge on any atom is -0.493 e. The van der Waals surface area contributed by atoms with Crippen LogP contribution in [0.4, 0.5) is 4.39 Å². The molecule has 4 nitrogen and oxygen atoms in total. The fourth-order valence-corrected chi connectivity index (χ4v) is 2.56. The summed E-state index contributed by atoms with van der Waals surface area (Å²) >= 11 is 0. The molecule has 0 unspecified atom stereocenters. The fourth-order valence-electron chi connectivity index (χ4n) is 2.56. The summed E-state index contributed by atoms with van der Waals surface area (Å²) < 4.78 is 24.3. The molecule has 7 heteroatoms. The van der Waals surface area contributed by atoms with Gasteiger partial charge in [0.1, 0.15) is 6.67 Å². The van der Waals surface area contributed by atoms with Gasteiger partial charge >= 0.3 is 0 Å². The van der Waals surface area contributed by atoms with Gasteiger partial charge in [0.15, 0.2) is 11.5 Å². The van der Waals surface area contributed by atoms with E-state index >= 15 is 0 Å². The van der Waals surface area contributed by atoms with Crippen LogP contribution < -0.4 is 14.8 Å². The van der Waals surface area contributed by atoms with Crippen molar-refractivity contribution in [1.29, 1.82) is 0 Å². The largest absolute Gasteiger partial charge is 0.493 e. The van der Waals surface area contributed by atoms with Gasteiger partial charge in [0.25, 0.3) is 0 Å². The molecular weight excluding hydrogens is 330 g/mol. The predicted octanol–water partition coefficient (Wildman–Crippen LogP) is 2.85. The molecule has 22 heavy (non-hydrogen) atoms. The maximum atomic E-state index is 13.5. The Kier molecular flexibility index (Phi) is 10.5. The zero-order valence-corrected chi connectivity index (χ0v) is 14.6. The van der Waals surface area contributed by atoms with E-state index in [4.69, 9.17) is 9.47 Å². The smallest absolute Gasteiger partial charge is 0.161 e. The first-order valence-corrected chi connectivity index (χ1v) is 7.11. The Labute approximate surface area is 144 Å². The number of rotatable bonds is 6. The maximum absolute atomic E-state index is 13.5. The summed E-state index contributed by atoms with van der Waals surface area (Å²) in [7, 11) is 1.61. The number of hydrogen-bond acceptors (Lipinski definition) is 4. The van der Waals surface area contributed by atoms with Gasteiger partial charge in [0, 0.05) is 26.2 Å². The Morgan fingerprint density at radius 2 is 1.91 bits per heavy atom. The van der Waals surface area contributed by atoms with E-state index in [1.54, 1.807) is 7.11 Å². The predicted molar refractivity (Wildman–Crippen MR) is 91.8 cm³/mol. The van der Waals surface area contributed by atoms with E-state index < -0.39 is 6.67 Å². The number of ether oxygens (including phenoxy) is 2. The third-order valence-corrected chi connectivity index (χ3v) is 3.61. The second-order valence-corrected chi connectivity index (χ2v) is 4.80. The monoisotopic (exact) mass is 354 g/mol. The van der Waals surface area contributed by atoms with Gasteiger partial charge in [-0.15, -0.1) is 24.8 Å². The van der Waals surface area contributed by atoms with Crippen LogP contribution in [0.1, 0.15) is 18.5 Å². The normalized spacial score (nSPS) is 16.1. The zero-order chi connectivity index (χ0) is 14.4. The molecule has 1 saturated heterocycles. The highest BCUT2D eigenvalue weighted by Crippen LogP contribution is 2.32. The second kappa shape index (κ2) is 10.9. The highest BCUT2D eigenvalue weighted by atomic mass is 35.5. The Bertz CT molecular complexity index is 432. The summed E-state index contributed by atoms with van der Waals surface area (Å²) in [6, 6.07) is 5.47.